The second-order valence-electron chi connectivity index (χ2n) is 4.58. The maximum atomic E-state index is 5.64. The predicted molar refractivity (Wildman–Crippen MR) is 69.4 cm³/mol. The summed E-state index contributed by atoms with van der Waals surface area (Å²) >= 11 is 3.49. The van der Waals surface area contributed by atoms with Crippen LogP contribution in [-0.4, -0.2) is 22.6 Å². The van der Waals surface area contributed by atoms with Crippen molar-refractivity contribution in [2.45, 2.75) is 32.7 Å². The van der Waals surface area contributed by atoms with Gasteiger partial charge in [0, 0.05) is 18.8 Å². The van der Waals surface area contributed by atoms with Gasteiger partial charge in [-0.15, -0.1) is 0 Å². The molecule has 0 saturated carbocycles. The van der Waals surface area contributed by atoms with E-state index in [-0.39, 0.29) is 0 Å². The Morgan fingerprint density at radius 2 is 2.19 bits per heavy atom. The Balaban J connectivity index is 2.30. The van der Waals surface area contributed by atoms with Crippen LogP contribution in [0.4, 0.5) is 11.8 Å². The van der Waals surface area contributed by atoms with Crippen molar-refractivity contribution >= 4 is 27.7 Å². The van der Waals surface area contributed by atoms with Crippen LogP contribution < -0.4 is 10.6 Å². The Hall–Kier alpha value is -0.840. The van der Waals surface area contributed by atoms with Crippen LogP contribution in [0, 0.1) is 5.92 Å². The zero-order chi connectivity index (χ0) is 11.7. The van der Waals surface area contributed by atoms with Gasteiger partial charge in [-0.25, -0.2) is 4.98 Å². The van der Waals surface area contributed by atoms with E-state index in [1.165, 1.54) is 12.8 Å². The topological polar surface area (TPSA) is 55.0 Å². The summed E-state index contributed by atoms with van der Waals surface area (Å²) in [7, 11) is 0. The van der Waals surface area contributed by atoms with Gasteiger partial charge >= 0.3 is 0 Å². The molecule has 16 heavy (non-hydrogen) atoms. The van der Waals surface area contributed by atoms with Gasteiger partial charge in [-0.2, -0.15) is 4.98 Å². The molecule has 1 fully saturated rings. The first-order valence-electron chi connectivity index (χ1n) is 5.62. The van der Waals surface area contributed by atoms with Crippen molar-refractivity contribution in [3.63, 3.8) is 0 Å². The Labute approximate surface area is 104 Å². The van der Waals surface area contributed by atoms with E-state index >= 15 is 0 Å². The van der Waals surface area contributed by atoms with E-state index in [9.17, 15) is 0 Å². The first-order valence-corrected chi connectivity index (χ1v) is 6.42. The second kappa shape index (κ2) is 4.57. The molecule has 2 rings (SSSR count). The number of nitrogens with two attached hydrogens (primary N) is 1. The molecule has 1 aliphatic heterocycles. The maximum absolute atomic E-state index is 5.64. The lowest BCUT2D eigenvalue weighted by atomic mass is 9.95. The fraction of sp³-hybridized carbons (Fsp3) is 0.636. The standard InChI is InChI=1S/C11H17BrN4/c1-7-3-4-8(2)16(6-7)10-9(12)5-14-11(13)15-10/h5,7-8H,3-4,6H2,1-2H3,(H2,13,14,15). The molecular weight excluding hydrogens is 268 g/mol. The molecule has 0 bridgehead atoms. The number of hydrogen-bond acceptors (Lipinski definition) is 4. The van der Waals surface area contributed by atoms with Crippen LogP contribution in [0.2, 0.25) is 0 Å². The highest BCUT2D eigenvalue weighted by Gasteiger charge is 2.25. The van der Waals surface area contributed by atoms with Crippen molar-refractivity contribution in [3.8, 4) is 0 Å². The summed E-state index contributed by atoms with van der Waals surface area (Å²) in [4.78, 5) is 10.6. The van der Waals surface area contributed by atoms with E-state index in [4.69, 9.17) is 5.73 Å². The zero-order valence-electron chi connectivity index (χ0n) is 9.65. The highest BCUT2D eigenvalue weighted by Crippen LogP contribution is 2.31. The van der Waals surface area contributed by atoms with Gasteiger partial charge in [0.25, 0.3) is 0 Å². The molecule has 5 heteroatoms. The molecule has 0 aliphatic carbocycles. The van der Waals surface area contributed by atoms with Gasteiger partial charge in [-0.3, -0.25) is 0 Å². The van der Waals surface area contributed by atoms with Crippen molar-refractivity contribution in [2.24, 2.45) is 5.92 Å². The number of halogens is 1. The average Bonchev–Trinajstić information content (AvgIpc) is 2.25. The molecule has 0 spiro atoms. The fourth-order valence-electron chi connectivity index (χ4n) is 2.16. The summed E-state index contributed by atoms with van der Waals surface area (Å²) < 4.78 is 0.919. The van der Waals surface area contributed by atoms with E-state index < -0.39 is 0 Å². The van der Waals surface area contributed by atoms with Gasteiger partial charge in [0.05, 0.1) is 4.47 Å². The SMILES string of the molecule is CC1CCC(C)N(c2nc(N)ncc2Br)C1. The van der Waals surface area contributed by atoms with Crippen LogP contribution in [0.15, 0.2) is 10.7 Å². The van der Waals surface area contributed by atoms with Crippen molar-refractivity contribution in [1.29, 1.82) is 0 Å². The summed E-state index contributed by atoms with van der Waals surface area (Å²) in [5.74, 6) is 1.97. The molecule has 2 unspecified atom stereocenters. The van der Waals surface area contributed by atoms with E-state index in [0.29, 0.717) is 17.9 Å². The molecule has 2 N–H and O–H groups in total. The Morgan fingerprint density at radius 3 is 2.94 bits per heavy atom. The highest BCUT2D eigenvalue weighted by molar-refractivity contribution is 9.10. The third-order valence-electron chi connectivity index (χ3n) is 3.13. The van der Waals surface area contributed by atoms with Crippen LogP contribution in [0.3, 0.4) is 0 Å². The molecule has 1 saturated heterocycles. The minimum Gasteiger partial charge on any atom is -0.368 e. The highest BCUT2D eigenvalue weighted by atomic mass is 79.9. The van der Waals surface area contributed by atoms with Gasteiger partial charge in [-0.1, -0.05) is 6.92 Å². The molecule has 1 aromatic heterocycles. The van der Waals surface area contributed by atoms with Gasteiger partial charge in [0.2, 0.25) is 5.95 Å². The van der Waals surface area contributed by atoms with Crippen LogP contribution in [0.1, 0.15) is 26.7 Å². The molecule has 1 aromatic rings. The van der Waals surface area contributed by atoms with Crippen LogP contribution in [0.5, 0.6) is 0 Å². The van der Waals surface area contributed by atoms with Crippen LogP contribution >= 0.6 is 15.9 Å². The molecule has 4 nitrogen and oxygen atoms in total. The van der Waals surface area contributed by atoms with Crippen molar-refractivity contribution in [3.05, 3.63) is 10.7 Å². The monoisotopic (exact) mass is 284 g/mol. The van der Waals surface area contributed by atoms with Gasteiger partial charge in [0.1, 0.15) is 5.82 Å². The number of piperidine rings is 1. The van der Waals surface area contributed by atoms with Crippen molar-refractivity contribution < 1.29 is 0 Å². The zero-order valence-corrected chi connectivity index (χ0v) is 11.2. The predicted octanol–water partition coefficient (Wildman–Crippen LogP) is 2.45. The number of nitrogen functional groups attached to an aromatic ring is 1. The van der Waals surface area contributed by atoms with E-state index in [2.05, 4.69) is 44.6 Å². The molecule has 1 aliphatic rings. The Kier molecular flexibility index (Phi) is 3.33. The molecule has 88 valence electrons. The van der Waals surface area contributed by atoms with E-state index in [1.807, 2.05) is 0 Å². The molecule has 2 atom stereocenters. The summed E-state index contributed by atoms with van der Waals surface area (Å²) in [6, 6.07) is 0.516. The third-order valence-corrected chi connectivity index (χ3v) is 3.69. The number of nitrogens with zero attached hydrogens (tertiary/aromatic N) is 3. The normalized spacial score (nSPS) is 25.8. The average molecular weight is 285 g/mol. The molecule has 2 heterocycles. The van der Waals surface area contributed by atoms with Gasteiger partial charge in [-0.05, 0) is 41.6 Å². The lowest BCUT2D eigenvalue weighted by molar-refractivity contribution is 0.387. The molecular formula is C11H17BrN4. The maximum Gasteiger partial charge on any atom is 0.222 e. The van der Waals surface area contributed by atoms with E-state index in [1.54, 1.807) is 6.20 Å². The first-order chi connectivity index (χ1) is 7.58. The summed E-state index contributed by atoms with van der Waals surface area (Å²) in [6.07, 6.45) is 4.22. The molecule has 0 radical (unpaired) electrons. The van der Waals surface area contributed by atoms with Crippen molar-refractivity contribution in [1.82, 2.24) is 9.97 Å². The van der Waals surface area contributed by atoms with Crippen LogP contribution in [-0.2, 0) is 0 Å². The number of anilines is 2. The minimum atomic E-state index is 0.337. The fourth-order valence-corrected chi connectivity index (χ4v) is 2.58. The Bertz CT molecular complexity index is 382. The van der Waals surface area contributed by atoms with Gasteiger partial charge < -0.3 is 10.6 Å². The quantitative estimate of drug-likeness (QED) is 0.861. The van der Waals surface area contributed by atoms with Crippen LogP contribution in [0.25, 0.3) is 0 Å². The number of hydrogen-bond donors (Lipinski definition) is 1. The molecule has 0 amide bonds. The minimum absolute atomic E-state index is 0.337. The number of rotatable bonds is 1. The summed E-state index contributed by atoms with van der Waals surface area (Å²) in [6.45, 7) is 5.55. The smallest absolute Gasteiger partial charge is 0.222 e. The summed E-state index contributed by atoms with van der Waals surface area (Å²) in [5.41, 5.74) is 5.64. The van der Waals surface area contributed by atoms with Crippen molar-refractivity contribution in [2.75, 3.05) is 17.2 Å². The number of aromatic nitrogens is 2. The second-order valence-corrected chi connectivity index (χ2v) is 5.44. The van der Waals surface area contributed by atoms with Gasteiger partial charge in [0.15, 0.2) is 0 Å². The molecule has 0 aromatic carbocycles. The Morgan fingerprint density at radius 1 is 1.44 bits per heavy atom. The lowest BCUT2D eigenvalue weighted by Gasteiger charge is -2.38. The van der Waals surface area contributed by atoms with E-state index in [0.717, 1.165) is 16.8 Å². The third kappa shape index (κ3) is 2.29. The summed E-state index contributed by atoms with van der Waals surface area (Å²) in [5, 5.41) is 0. The largest absolute Gasteiger partial charge is 0.368 e. The first kappa shape index (κ1) is 11.6. The lowest BCUT2D eigenvalue weighted by Crippen LogP contribution is -2.41.